The van der Waals surface area contributed by atoms with Gasteiger partial charge in [-0.15, -0.1) is 0 Å². The number of carboxylic acid groups (broad SMARTS) is 1. The Morgan fingerprint density at radius 1 is 1.20 bits per heavy atom. The van der Waals surface area contributed by atoms with Gasteiger partial charge in [-0.05, 0) is 56.5 Å². The van der Waals surface area contributed by atoms with Crippen molar-refractivity contribution < 1.29 is 19.1 Å². The number of carboxylic acids is 1. The number of benzene rings is 2. The van der Waals surface area contributed by atoms with Crippen molar-refractivity contribution in [2.24, 2.45) is 5.92 Å². The summed E-state index contributed by atoms with van der Waals surface area (Å²) in [4.78, 5) is 17.9. The number of oxazole rings is 1. The predicted molar refractivity (Wildman–Crippen MR) is 118 cm³/mol. The zero-order valence-corrected chi connectivity index (χ0v) is 17.7. The standard InChI is InChI=1S/C24H28N2O4/c1-17(2)8-11-19(23(27)28)16-18-9-12-20(13-10-18)29-15-14-26(3)24-25-21-6-4-5-7-22(21)30-24/h4-10,12-13,19H,11,14-16H2,1-3H3,(H,27,28). The van der Waals surface area contributed by atoms with E-state index in [1.54, 1.807) is 0 Å². The molecular weight excluding hydrogens is 380 g/mol. The number of ether oxygens (including phenoxy) is 1. The number of anilines is 1. The summed E-state index contributed by atoms with van der Waals surface area (Å²) in [5, 5.41) is 9.44. The van der Waals surface area contributed by atoms with Crippen LogP contribution in [-0.2, 0) is 11.2 Å². The summed E-state index contributed by atoms with van der Waals surface area (Å²) in [5.41, 5.74) is 3.72. The Bertz CT molecular complexity index is 970. The Labute approximate surface area is 176 Å². The van der Waals surface area contributed by atoms with E-state index in [0.717, 1.165) is 28.0 Å². The minimum absolute atomic E-state index is 0.420. The highest BCUT2D eigenvalue weighted by molar-refractivity contribution is 5.74. The second-order valence-corrected chi connectivity index (χ2v) is 7.63. The number of nitrogens with zero attached hydrogens (tertiary/aromatic N) is 2. The van der Waals surface area contributed by atoms with E-state index in [0.29, 0.717) is 32.0 Å². The molecule has 0 aliphatic rings. The van der Waals surface area contributed by atoms with Crippen molar-refractivity contribution in [2.75, 3.05) is 25.1 Å². The maximum Gasteiger partial charge on any atom is 0.307 e. The van der Waals surface area contributed by atoms with E-state index < -0.39 is 11.9 Å². The molecule has 0 amide bonds. The molecule has 158 valence electrons. The van der Waals surface area contributed by atoms with Crippen LogP contribution in [0.1, 0.15) is 25.8 Å². The van der Waals surface area contributed by atoms with Gasteiger partial charge in [-0.3, -0.25) is 4.79 Å². The van der Waals surface area contributed by atoms with Crippen LogP contribution < -0.4 is 9.64 Å². The number of likely N-dealkylation sites (N-methyl/N-ethyl adjacent to an activating group) is 1. The largest absolute Gasteiger partial charge is 0.492 e. The first-order valence-electron chi connectivity index (χ1n) is 10.1. The number of carbonyl (C=O) groups is 1. The maximum atomic E-state index is 11.5. The summed E-state index contributed by atoms with van der Waals surface area (Å²) < 4.78 is 11.6. The third kappa shape index (κ3) is 5.86. The van der Waals surface area contributed by atoms with Gasteiger partial charge in [0.05, 0.1) is 12.5 Å². The van der Waals surface area contributed by atoms with Crippen molar-refractivity contribution in [2.45, 2.75) is 26.7 Å². The Kier molecular flexibility index (Phi) is 7.12. The number of aliphatic carboxylic acids is 1. The molecule has 1 N–H and O–H groups in total. The molecule has 2 aromatic carbocycles. The summed E-state index contributed by atoms with van der Waals surface area (Å²) >= 11 is 0. The van der Waals surface area contributed by atoms with E-state index in [9.17, 15) is 9.90 Å². The van der Waals surface area contributed by atoms with Crippen LogP contribution in [0.2, 0.25) is 0 Å². The molecule has 6 heteroatoms. The Hall–Kier alpha value is -3.28. The Morgan fingerprint density at radius 2 is 1.93 bits per heavy atom. The minimum atomic E-state index is -0.768. The van der Waals surface area contributed by atoms with Gasteiger partial charge >= 0.3 is 5.97 Å². The average Bonchev–Trinajstić information content (AvgIpc) is 3.16. The van der Waals surface area contributed by atoms with Crippen LogP contribution in [0.3, 0.4) is 0 Å². The zero-order valence-electron chi connectivity index (χ0n) is 17.7. The molecule has 0 aliphatic carbocycles. The van der Waals surface area contributed by atoms with E-state index in [1.165, 1.54) is 0 Å². The molecule has 30 heavy (non-hydrogen) atoms. The first kappa shape index (κ1) is 21.4. The number of para-hydroxylation sites is 2. The molecular formula is C24H28N2O4. The number of hydrogen-bond acceptors (Lipinski definition) is 5. The van der Waals surface area contributed by atoms with E-state index in [-0.39, 0.29) is 0 Å². The third-order valence-corrected chi connectivity index (χ3v) is 4.87. The average molecular weight is 408 g/mol. The van der Waals surface area contributed by atoms with Crippen molar-refractivity contribution >= 4 is 23.1 Å². The molecule has 0 radical (unpaired) electrons. The van der Waals surface area contributed by atoms with Crippen molar-refractivity contribution in [3.63, 3.8) is 0 Å². The molecule has 1 unspecified atom stereocenters. The quantitative estimate of drug-likeness (QED) is 0.479. The smallest absolute Gasteiger partial charge is 0.307 e. The fourth-order valence-electron chi connectivity index (χ4n) is 3.08. The first-order chi connectivity index (χ1) is 14.4. The molecule has 0 saturated heterocycles. The highest BCUT2D eigenvalue weighted by Crippen LogP contribution is 2.21. The molecule has 6 nitrogen and oxygen atoms in total. The lowest BCUT2D eigenvalue weighted by molar-refractivity contribution is -0.141. The summed E-state index contributed by atoms with van der Waals surface area (Å²) in [5.74, 6) is -0.437. The molecule has 0 aliphatic heterocycles. The predicted octanol–water partition coefficient (Wildman–Crippen LogP) is 4.94. The van der Waals surface area contributed by atoms with Crippen LogP contribution >= 0.6 is 0 Å². The third-order valence-electron chi connectivity index (χ3n) is 4.87. The van der Waals surface area contributed by atoms with Crippen LogP contribution in [0.25, 0.3) is 11.1 Å². The molecule has 1 aromatic heterocycles. The van der Waals surface area contributed by atoms with Crippen molar-refractivity contribution in [3.8, 4) is 5.75 Å². The number of rotatable bonds is 10. The van der Waals surface area contributed by atoms with Crippen molar-refractivity contribution in [3.05, 3.63) is 65.7 Å². The van der Waals surface area contributed by atoms with E-state index >= 15 is 0 Å². The van der Waals surface area contributed by atoms with Gasteiger partial charge in [0.1, 0.15) is 17.9 Å². The SMILES string of the molecule is CC(C)=CCC(Cc1ccc(OCCN(C)c2nc3ccccc3o2)cc1)C(=O)O. The van der Waals surface area contributed by atoms with Gasteiger partial charge in [0.2, 0.25) is 0 Å². The number of allylic oxidation sites excluding steroid dienone is 2. The topological polar surface area (TPSA) is 75.8 Å². The lowest BCUT2D eigenvalue weighted by Crippen LogP contribution is -2.23. The molecule has 1 heterocycles. The van der Waals surface area contributed by atoms with Gasteiger partial charge in [0.15, 0.2) is 5.58 Å². The van der Waals surface area contributed by atoms with Crippen molar-refractivity contribution in [1.29, 1.82) is 0 Å². The summed E-state index contributed by atoms with van der Waals surface area (Å²) in [6.45, 7) is 5.06. The molecule has 3 aromatic rings. The Morgan fingerprint density at radius 3 is 2.60 bits per heavy atom. The van der Waals surface area contributed by atoms with E-state index in [4.69, 9.17) is 9.15 Å². The summed E-state index contributed by atoms with van der Waals surface area (Å²) in [6.07, 6.45) is 3.02. The van der Waals surface area contributed by atoms with Crippen LogP contribution in [-0.4, -0.2) is 36.3 Å². The number of fused-ring (bicyclic) bond motifs is 1. The van der Waals surface area contributed by atoms with Gasteiger partial charge in [-0.1, -0.05) is 35.9 Å². The van der Waals surface area contributed by atoms with Crippen LogP contribution in [0.5, 0.6) is 5.75 Å². The summed E-state index contributed by atoms with van der Waals surface area (Å²) in [6, 6.07) is 15.9. The first-order valence-corrected chi connectivity index (χ1v) is 10.1. The van der Waals surface area contributed by atoms with Gasteiger partial charge < -0.3 is 19.2 Å². The van der Waals surface area contributed by atoms with Gasteiger partial charge in [0, 0.05) is 7.05 Å². The second-order valence-electron chi connectivity index (χ2n) is 7.63. The van der Waals surface area contributed by atoms with Gasteiger partial charge in [-0.2, -0.15) is 4.98 Å². The highest BCUT2D eigenvalue weighted by Gasteiger charge is 2.16. The molecule has 0 spiro atoms. The fourth-order valence-corrected chi connectivity index (χ4v) is 3.08. The fraction of sp³-hybridized carbons (Fsp3) is 0.333. The number of hydrogen-bond donors (Lipinski definition) is 1. The molecule has 0 saturated carbocycles. The maximum absolute atomic E-state index is 11.5. The van der Waals surface area contributed by atoms with Crippen LogP contribution in [0.4, 0.5) is 6.01 Å². The second kappa shape index (κ2) is 9.96. The van der Waals surface area contributed by atoms with Gasteiger partial charge in [0.25, 0.3) is 6.01 Å². The van der Waals surface area contributed by atoms with Crippen LogP contribution in [0.15, 0.2) is 64.6 Å². The van der Waals surface area contributed by atoms with Crippen LogP contribution in [0, 0.1) is 5.92 Å². The molecule has 0 bridgehead atoms. The minimum Gasteiger partial charge on any atom is -0.492 e. The highest BCUT2D eigenvalue weighted by atomic mass is 16.5. The molecule has 0 fully saturated rings. The molecule has 3 rings (SSSR count). The van der Waals surface area contributed by atoms with Crippen molar-refractivity contribution in [1.82, 2.24) is 4.98 Å². The monoisotopic (exact) mass is 408 g/mol. The summed E-state index contributed by atoms with van der Waals surface area (Å²) in [7, 11) is 1.91. The van der Waals surface area contributed by atoms with E-state index in [1.807, 2.05) is 80.4 Å². The molecule has 1 atom stereocenters. The Balaban J connectivity index is 1.50. The number of aromatic nitrogens is 1. The zero-order chi connectivity index (χ0) is 21.5. The lowest BCUT2D eigenvalue weighted by Gasteiger charge is -2.15. The van der Waals surface area contributed by atoms with Gasteiger partial charge in [-0.25, -0.2) is 0 Å². The normalized spacial score (nSPS) is 11.8. The van der Waals surface area contributed by atoms with E-state index in [2.05, 4.69) is 4.98 Å². The lowest BCUT2D eigenvalue weighted by atomic mass is 9.95.